The Morgan fingerprint density at radius 3 is 1.90 bits per heavy atom. The topological polar surface area (TPSA) is 46.6 Å². The number of ketones is 1. The van der Waals surface area contributed by atoms with E-state index in [0.29, 0.717) is 25.0 Å². The number of carbonyl (C=O) groups excluding carboxylic acids is 2. The lowest BCUT2D eigenvalue weighted by Gasteiger charge is -2.23. The molecule has 118 valence electrons. The summed E-state index contributed by atoms with van der Waals surface area (Å²) in [6, 6.07) is 0. The normalized spacial score (nSPS) is 11.4. The highest BCUT2D eigenvalue weighted by atomic mass is 16.5. The summed E-state index contributed by atoms with van der Waals surface area (Å²) in [6.07, 6.45) is 2.04. The van der Waals surface area contributed by atoms with Crippen LogP contribution in [0.25, 0.3) is 0 Å². The fraction of sp³-hybridized carbons (Fsp3) is 0.875. The molecule has 0 aromatic heterocycles. The highest BCUT2D eigenvalue weighted by Gasteiger charge is 2.15. The van der Waals surface area contributed by atoms with E-state index in [1.54, 1.807) is 6.92 Å². The van der Waals surface area contributed by atoms with E-state index in [-0.39, 0.29) is 12.2 Å². The van der Waals surface area contributed by atoms with Gasteiger partial charge in [0.2, 0.25) is 0 Å². The van der Waals surface area contributed by atoms with Crippen LogP contribution in [0.4, 0.5) is 0 Å². The minimum Gasteiger partial charge on any atom is -0.466 e. The summed E-state index contributed by atoms with van der Waals surface area (Å²) in [6.45, 7) is 13.0. The van der Waals surface area contributed by atoms with Gasteiger partial charge in [-0.15, -0.1) is 0 Å². The van der Waals surface area contributed by atoms with E-state index in [4.69, 9.17) is 4.74 Å². The van der Waals surface area contributed by atoms with Gasteiger partial charge in [0.1, 0.15) is 6.42 Å². The van der Waals surface area contributed by atoms with Gasteiger partial charge in [0.25, 0.3) is 0 Å². The van der Waals surface area contributed by atoms with E-state index in [1.165, 1.54) is 0 Å². The smallest absolute Gasteiger partial charge is 0.313 e. The van der Waals surface area contributed by atoms with Crippen LogP contribution in [0.2, 0.25) is 0 Å². The third-order valence-corrected chi connectivity index (χ3v) is 3.09. The number of carbonyl (C=O) groups is 2. The van der Waals surface area contributed by atoms with Crippen LogP contribution in [0, 0.1) is 11.8 Å². The summed E-state index contributed by atoms with van der Waals surface area (Å²) >= 11 is 0. The fourth-order valence-corrected chi connectivity index (χ4v) is 1.83. The van der Waals surface area contributed by atoms with E-state index < -0.39 is 5.97 Å². The summed E-state index contributed by atoms with van der Waals surface area (Å²) in [4.78, 5) is 25.4. The molecule has 20 heavy (non-hydrogen) atoms. The lowest BCUT2D eigenvalue weighted by Crippen LogP contribution is -2.34. The Morgan fingerprint density at radius 1 is 1.00 bits per heavy atom. The monoisotopic (exact) mass is 285 g/mol. The lowest BCUT2D eigenvalue weighted by molar-refractivity contribution is -0.145. The number of hydrogen-bond donors (Lipinski definition) is 0. The number of ether oxygens (including phenoxy) is 1. The molecule has 0 atom stereocenters. The number of hydrogen-bond acceptors (Lipinski definition) is 4. The van der Waals surface area contributed by atoms with Crippen LogP contribution >= 0.6 is 0 Å². The van der Waals surface area contributed by atoms with Crippen molar-refractivity contribution < 1.29 is 14.3 Å². The van der Waals surface area contributed by atoms with Gasteiger partial charge >= 0.3 is 5.97 Å². The minimum absolute atomic E-state index is 0.0454. The van der Waals surface area contributed by atoms with Gasteiger partial charge in [0.15, 0.2) is 5.78 Å². The van der Waals surface area contributed by atoms with Crippen LogP contribution in [0.3, 0.4) is 0 Å². The maximum Gasteiger partial charge on any atom is 0.313 e. The van der Waals surface area contributed by atoms with Crippen LogP contribution in [0.1, 0.15) is 53.9 Å². The number of nitrogens with zero attached hydrogens (tertiary/aromatic N) is 1. The lowest BCUT2D eigenvalue weighted by atomic mass is 10.1. The molecule has 0 rings (SSSR count). The van der Waals surface area contributed by atoms with E-state index in [1.807, 2.05) is 0 Å². The Labute approximate surface area is 123 Å². The molecule has 0 fully saturated rings. The predicted octanol–water partition coefficient (Wildman–Crippen LogP) is 2.90. The van der Waals surface area contributed by atoms with Crippen LogP contribution in [-0.4, -0.2) is 42.9 Å². The fourth-order valence-electron chi connectivity index (χ4n) is 1.83. The van der Waals surface area contributed by atoms with Gasteiger partial charge in [-0.3, -0.25) is 14.5 Å². The maximum atomic E-state index is 11.9. The summed E-state index contributed by atoms with van der Waals surface area (Å²) in [7, 11) is 0. The van der Waals surface area contributed by atoms with Gasteiger partial charge < -0.3 is 4.74 Å². The van der Waals surface area contributed by atoms with Crippen LogP contribution in [0.5, 0.6) is 0 Å². The van der Waals surface area contributed by atoms with E-state index in [9.17, 15) is 9.59 Å². The Bertz CT molecular complexity index is 275. The van der Waals surface area contributed by atoms with Gasteiger partial charge in [-0.1, -0.05) is 27.7 Å². The van der Waals surface area contributed by atoms with Crippen molar-refractivity contribution in [3.05, 3.63) is 0 Å². The zero-order valence-electron chi connectivity index (χ0n) is 13.8. The molecular weight excluding hydrogens is 254 g/mol. The van der Waals surface area contributed by atoms with Crippen molar-refractivity contribution in [3.63, 3.8) is 0 Å². The van der Waals surface area contributed by atoms with Crippen molar-refractivity contribution in [2.75, 3.05) is 26.2 Å². The van der Waals surface area contributed by atoms with Gasteiger partial charge in [-0.05, 0) is 44.7 Å². The van der Waals surface area contributed by atoms with Crippen molar-refractivity contribution >= 4 is 11.8 Å². The second-order valence-corrected chi connectivity index (χ2v) is 6.16. The second-order valence-electron chi connectivity index (χ2n) is 6.16. The van der Waals surface area contributed by atoms with Gasteiger partial charge in [0.05, 0.1) is 13.2 Å². The molecule has 4 heteroatoms. The molecule has 0 saturated carbocycles. The molecule has 0 heterocycles. The van der Waals surface area contributed by atoms with Gasteiger partial charge in [-0.2, -0.15) is 0 Å². The molecule has 0 bridgehead atoms. The molecule has 0 saturated heterocycles. The van der Waals surface area contributed by atoms with Crippen LogP contribution in [0.15, 0.2) is 0 Å². The first kappa shape index (κ1) is 19.1. The molecule has 0 aliphatic rings. The van der Waals surface area contributed by atoms with E-state index >= 15 is 0 Å². The zero-order valence-corrected chi connectivity index (χ0v) is 13.8. The third-order valence-electron chi connectivity index (χ3n) is 3.09. The van der Waals surface area contributed by atoms with Gasteiger partial charge in [0, 0.05) is 0 Å². The number of Topliss-reactive ketones (excluding diaryl/α,β-unsaturated/α-hetero) is 1. The minimum atomic E-state index is -0.412. The second kappa shape index (κ2) is 10.8. The van der Waals surface area contributed by atoms with Crippen LogP contribution in [-0.2, 0) is 14.3 Å². The van der Waals surface area contributed by atoms with Crippen molar-refractivity contribution in [1.82, 2.24) is 4.90 Å². The molecule has 0 N–H and O–H groups in total. The SMILES string of the molecule is CCOC(=O)CC(=O)CN(CCC(C)C)CCC(C)C. The summed E-state index contributed by atoms with van der Waals surface area (Å²) < 4.78 is 4.81. The first-order valence-electron chi connectivity index (χ1n) is 7.74. The summed E-state index contributed by atoms with van der Waals surface area (Å²) in [5.74, 6) is 0.787. The average molecular weight is 285 g/mol. The Kier molecular flexibility index (Phi) is 10.3. The van der Waals surface area contributed by atoms with Crippen molar-refractivity contribution in [1.29, 1.82) is 0 Å². The average Bonchev–Trinajstić information content (AvgIpc) is 2.32. The summed E-state index contributed by atoms with van der Waals surface area (Å²) in [5, 5.41) is 0. The Hall–Kier alpha value is -0.900. The molecule has 0 aromatic rings. The first-order valence-corrected chi connectivity index (χ1v) is 7.74. The highest BCUT2D eigenvalue weighted by Crippen LogP contribution is 2.07. The number of esters is 1. The Morgan fingerprint density at radius 2 is 1.50 bits per heavy atom. The maximum absolute atomic E-state index is 11.9. The summed E-state index contributed by atoms with van der Waals surface area (Å²) in [5.41, 5.74) is 0. The Balaban J connectivity index is 4.23. The van der Waals surface area contributed by atoms with Crippen LogP contribution < -0.4 is 0 Å². The van der Waals surface area contributed by atoms with Gasteiger partial charge in [-0.25, -0.2) is 0 Å². The number of rotatable bonds is 11. The van der Waals surface area contributed by atoms with E-state index in [0.717, 1.165) is 25.9 Å². The molecule has 0 spiro atoms. The zero-order chi connectivity index (χ0) is 15.5. The van der Waals surface area contributed by atoms with E-state index in [2.05, 4.69) is 32.6 Å². The molecule has 4 nitrogen and oxygen atoms in total. The molecule has 0 aromatic carbocycles. The van der Waals surface area contributed by atoms with Crippen molar-refractivity contribution in [3.8, 4) is 0 Å². The molecule has 0 unspecified atom stereocenters. The molecular formula is C16H31NO3. The van der Waals surface area contributed by atoms with Crippen molar-refractivity contribution in [2.45, 2.75) is 53.9 Å². The molecule has 0 radical (unpaired) electrons. The van der Waals surface area contributed by atoms with Crippen molar-refractivity contribution in [2.24, 2.45) is 11.8 Å². The molecule has 0 aliphatic carbocycles. The standard InChI is InChI=1S/C16H31NO3/c1-6-20-16(19)11-15(18)12-17(9-7-13(2)3)10-8-14(4)5/h13-14H,6-12H2,1-5H3. The third kappa shape index (κ3) is 11.0. The highest BCUT2D eigenvalue weighted by molar-refractivity contribution is 5.96. The molecule has 0 aliphatic heterocycles. The first-order chi connectivity index (χ1) is 9.35. The largest absolute Gasteiger partial charge is 0.466 e. The molecule has 0 amide bonds. The quantitative estimate of drug-likeness (QED) is 0.432. The predicted molar refractivity (Wildman–Crippen MR) is 81.6 cm³/mol.